The second kappa shape index (κ2) is 4.77. The van der Waals surface area contributed by atoms with Crippen LogP contribution in [0.4, 0.5) is 0 Å². The van der Waals surface area contributed by atoms with Crippen LogP contribution in [0.3, 0.4) is 0 Å². The summed E-state index contributed by atoms with van der Waals surface area (Å²) in [4.78, 5) is 6.29. The van der Waals surface area contributed by atoms with E-state index in [-0.39, 0.29) is 0 Å². The van der Waals surface area contributed by atoms with Crippen LogP contribution in [-0.4, -0.2) is 24.8 Å². The second-order valence-electron chi connectivity index (χ2n) is 4.19. The summed E-state index contributed by atoms with van der Waals surface area (Å²) in [6.07, 6.45) is 2.42. The van der Waals surface area contributed by atoms with E-state index >= 15 is 0 Å². The quantitative estimate of drug-likeness (QED) is 0.583. The van der Waals surface area contributed by atoms with E-state index in [4.69, 9.17) is 0 Å². The van der Waals surface area contributed by atoms with Crippen molar-refractivity contribution in [3.8, 4) is 9.88 Å². The van der Waals surface area contributed by atoms with Crippen molar-refractivity contribution in [2.45, 2.75) is 6.42 Å². The predicted molar refractivity (Wildman–Crippen MR) is 79.0 cm³/mol. The Bertz CT molecular complexity index is 832. The molecule has 0 bridgehead atoms. The van der Waals surface area contributed by atoms with Crippen LogP contribution >= 0.6 is 22.7 Å². The van der Waals surface area contributed by atoms with Crippen molar-refractivity contribution in [1.82, 2.24) is 24.8 Å². The van der Waals surface area contributed by atoms with Gasteiger partial charge in [0.25, 0.3) is 0 Å². The summed E-state index contributed by atoms with van der Waals surface area (Å²) >= 11 is 3.23. The highest BCUT2D eigenvalue weighted by Crippen LogP contribution is 2.29. The molecule has 0 saturated carbocycles. The standard InChI is InChI=1S/C13H9N5S2/c1-2-6-14-9(4-1)8-11-15-16-13-18(11)17-12(20-13)10-5-3-7-19-10/h1-7H,8H2. The van der Waals surface area contributed by atoms with Gasteiger partial charge in [-0.25, -0.2) is 0 Å². The summed E-state index contributed by atoms with van der Waals surface area (Å²) in [5, 5.41) is 16.0. The van der Waals surface area contributed by atoms with E-state index < -0.39 is 0 Å². The third-order valence-electron chi connectivity index (χ3n) is 2.85. The Kier molecular flexibility index (Phi) is 2.79. The smallest absolute Gasteiger partial charge is 0.235 e. The normalized spacial score (nSPS) is 11.2. The number of hydrogen-bond acceptors (Lipinski definition) is 6. The molecule has 0 fully saturated rings. The zero-order valence-electron chi connectivity index (χ0n) is 10.3. The molecule has 0 aliphatic carbocycles. The minimum atomic E-state index is 0.635. The van der Waals surface area contributed by atoms with Gasteiger partial charge in [0.05, 0.1) is 11.3 Å². The largest absolute Gasteiger partial charge is 0.261 e. The van der Waals surface area contributed by atoms with Crippen molar-refractivity contribution >= 4 is 27.6 Å². The number of nitrogens with zero attached hydrogens (tertiary/aromatic N) is 5. The van der Waals surface area contributed by atoms with Crippen LogP contribution in [-0.2, 0) is 6.42 Å². The van der Waals surface area contributed by atoms with Gasteiger partial charge in [0.1, 0.15) is 0 Å². The molecule has 0 N–H and O–H groups in total. The molecule has 0 spiro atoms. The van der Waals surface area contributed by atoms with E-state index in [1.165, 1.54) is 0 Å². The monoisotopic (exact) mass is 299 g/mol. The van der Waals surface area contributed by atoms with Crippen LogP contribution in [0.15, 0.2) is 41.9 Å². The first-order valence-corrected chi connectivity index (χ1v) is 7.75. The van der Waals surface area contributed by atoms with Gasteiger partial charge in [-0.15, -0.1) is 21.5 Å². The summed E-state index contributed by atoms with van der Waals surface area (Å²) in [5.41, 5.74) is 0.965. The molecule has 20 heavy (non-hydrogen) atoms. The highest BCUT2D eigenvalue weighted by atomic mass is 32.1. The number of rotatable bonds is 3. The Morgan fingerprint density at radius 3 is 2.90 bits per heavy atom. The maximum atomic E-state index is 4.60. The number of fused-ring (bicyclic) bond motifs is 1. The SMILES string of the molecule is c1ccc(Cc2nnc3sc(-c4cccs4)nn23)nc1. The topological polar surface area (TPSA) is 56.0 Å². The summed E-state index contributed by atoms with van der Waals surface area (Å²) < 4.78 is 1.81. The molecule has 0 aromatic carbocycles. The van der Waals surface area contributed by atoms with Crippen LogP contribution in [0.5, 0.6) is 0 Å². The molecule has 4 aromatic rings. The fourth-order valence-electron chi connectivity index (χ4n) is 1.93. The van der Waals surface area contributed by atoms with Gasteiger partial charge in [-0.05, 0) is 23.6 Å². The van der Waals surface area contributed by atoms with Gasteiger partial charge in [0.15, 0.2) is 10.8 Å². The first-order valence-electron chi connectivity index (χ1n) is 6.05. The molecule has 98 valence electrons. The lowest BCUT2D eigenvalue weighted by molar-refractivity contribution is 0.841. The Hall–Kier alpha value is -2.12. The van der Waals surface area contributed by atoms with E-state index in [0.29, 0.717) is 6.42 Å². The van der Waals surface area contributed by atoms with Crippen LogP contribution in [0.1, 0.15) is 11.5 Å². The molecule has 4 rings (SSSR count). The lowest BCUT2D eigenvalue weighted by Gasteiger charge is -1.96. The van der Waals surface area contributed by atoms with Crippen molar-refractivity contribution in [2.75, 3.05) is 0 Å². The third kappa shape index (κ3) is 2.00. The van der Waals surface area contributed by atoms with Crippen LogP contribution < -0.4 is 0 Å². The van der Waals surface area contributed by atoms with Crippen molar-refractivity contribution in [2.24, 2.45) is 0 Å². The first kappa shape index (κ1) is 11.7. The molecule has 0 radical (unpaired) electrons. The number of aromatic nitrogens is 5. The summed E-state index contributed by atoms with van der Waals surface area (Å²) in [6, 6.07) is 9.94. The van der Waals surface area contributed by atoms with E-state index in [0.717, 1.165) is 26.4 Å². The minimum Gasteiger partial charge on any atom is -0.261 e. The van der Waals surface area contributed by atoms with Crippen LogP contribution in [0.25, 0.3) is 14.8 Å². The Morgan fingerprint density at radius 2 is 2.10 bits per heavy atom. The maximum Gasteiger partial charge on any atom is 0.235 e. The molecule has 0 saturated heterocycles. The number of thiophene rings is 1. The van der Waals surface area contributed by atoms with Gasteiger partial charge >= 0.3 is 0 Å². The van der Waals surface area contributed by atoms with Gasteiger partial charge in [-0.3, -0.25) is 4.98 Å². The molecule has 5 nitrogen and oxygen atoms in total. The molecule has 0 unspecified atom stereocenters. The third-order valence-corrected chi connectivity index (χ3v) is 4.79. The lowest BCUT2D eigenvalue weighted by atomic mass is 10.2. The molecular weight excluding hydrogens is 290 g/mol. The molecule has 4 aromatic heterocycles. The molecule has 4 heterocycles. The maximum absolute atomic E-state index is 4.60. The zero-order valence-corrected chi connectivity index (χ0v) is 11.9. The second-order valence-corrected chi connectivity index (χ2v) is 6.10. The minimum absolute atomic E-state index is 0.635. The fraction of sp³-hybridized carbons (Fsp3) is 0.0769. The van der Waals surface area contributed by atoms with Gasteiger partial charge in [0.2, 0.25) is 4.96 Å². The molecule has 0 amide bonds. The number of hydrogen-bond donors (Lipinski definition) is 0. The van der Waals surface area contributed by atoms with E-state index in [2.05, 4.69) is 26.3 Å². The fourth-order valence-corrected chi connectivity index (χ4v) is 3.58. The molecular formula is C13H9N5S2. The van der Waals surface area contributed by atoms with Gasteiger partial charge in [0, 0.05) is 11.9 Å². The molecule has 0 aliphatic heterocycles. The Morgan fingerprint density at radius 1 is 1.10 bits per heavy atom. The van der Waals surface area contributed by atoms with E-state index in [9.17, 15) is 0 Å². The summed E-state index contributed by atoms with van der Waals surface area (Å²) in [6.45, 7) is 0. The highest BCUT2D eigenvalue weighted by molar-refractivity contribution is 7.23. The van der Waals surface area contributed by atoms with Crippen molar-refractivity contribution in [1.29, 1.82) is 0 Å². The zero-order chi connectivity index (χ0) is 13.4. The summed E-state index contributed by atoms with van der Waals surface area (Å²) in [5.74, 6) is 0.817. The summed E-state index contributed by atoms with van der Waals surface area (Å²) in [7, 11) is 0. The molecule has 0 aliphatic rings. The van der Waals surface area contributed by atoms with Gasteiger partial charge in [-0.2, -0.15) is 9.61 Å². The van der Waals surface area contributed by atoms with E-state index in [1.54, 1.807) is 28.9 Å². The average molecular weight is 299 g/mol. The molecule has 7 heteroatoms. The van der Waals surface area contributed by atoms with Crippen molar-refractivity contribution in [3.05, 3.63) is 53.4 Å². The van der Waals surface area contributed by atoms with Crippen LogP contribution in [0, 0.1) is 0 Å². The average Bonchev–Trinajstić information content (AvgIpc) is 3.17. The Balaban J connectivity index is 1.74. The lowest BCUT2D eigenvalue weighted by Crippen LogP contribution is -1.99. The van der Waals surface area contributed by atoms with Gasteiger partial charge < -0.3 is 0 Å². The van der Waals surface area contributed by atoms with Crippen LogP contribution in [0.2, 0.25) is 0 Å². The number of pyridine rings is 1. The highest BCUT2D eigenvalue weighted by Gasteiger charge is 2.13. The Labute approximate surface area is 122 Å². The van der Waals surface area contributed by atoms with Crippen molar-refractivity contribution in [3.63, 3.8) is 0 Å². The van der Waals surface area contributed by atoms with Gasteiger partial charge in [-0.1, -0.05) is 23.5 Å². The molecule has 0 atom stereocenters. The van der Waals surface area contributed by atoms with Crippen molar-refractivity contribution < 1.29 is 0 Å². The predicted octanol–water partition coefficient (Wildman–Crippen LogP) is 2.90. The van der Waals surface area contributed by atoms with E-state index in [1.807, 2.05) is 34.2 Å². The first-order chi connectivity index (χ1) is 9.90.